The standard InChI is InChI=1S/C18H23N3O4S/c1-5-20-26(24,25)14-7-6-11(2)15(9-14)17(22)19-10-16-12(3)8-13(4)21-18(16)23/h6-9,20H,5,10H2,1-4H3,(H,19,22)(H,21,23). The van der Waals surface area contributed by atoms with E-state index in [9.17, 15) is 18.0 Å². The number of nitrogens with one attached hydrogen (secondary N) is 3. The molecule has 26 heavy (non-hydrogen) atoms. The molecule has 0 aliphatic heterocycles. The molecule has 3 N–H and O–H groups in total. The number of carbonyl (C=O) groups excluding carboxylic acids is 1. The Morgan fingerprint density at radius 2 is 1.81 bits per heavy atom. The molecule has 0 radical (unpaired) electrons. The third-order valence-electron chi connectivity index (χ3n) is 4.02. The van der Waals surface area contributed by atoms with Crippen molar-refractivity contribution in [3.8, 4) is 0 Å². The number of benzene rings is 1. The zero-order valence-corrected chi connectivity index (χ0v) is 16.1. The molecule has 140 valence electrons. The Balaban J connectivity index is 2.27. The van der Waals surface area contributed by atoms with Crippen molar-refractivity contribution >= 4 is 15.9 Å². The maximum absolute atomic E-state index is 12.5. The number of hydrogen-bond acceptors (Lipinski definition) is 4. The average molecular weight is 377 g/mol. The first-order chi connectivity index (χ1) is 12.2. The van der Waals surface area contributed by atoms with E-state index in [1.165, 1.54) is 12.1 Å². The van der Waals surface area contributed by atoms with Crippen LogP contribution >= 0.6 is 0 Å². The molecule has 1 aromatic carbocycles. The molecular formula is C18H23N3O4S. The van der Waals surface area contributed by atoms with E-state index < -0.39 is 15.9 Å². The number of sulfonamides is 1. The van der Waals surface area contributed by atoms with Crippen LogP contribution in [-0.2, 0) is 16.6 Å². The van der Waals surface area contributed by atoms with Crippen molar-refractivity contribution < 1.29 is 13.2 Å². The summed E-state index contributed by atoms with van der Waals surface area (Å²) in [4.78, 5) is 27.3. The van der Waals surface area contributed by atoms with Gasteiger partial charge in [0.15, 0.2) is 0 Å². The van der Waals surface area contributed by atoms with Crippen LogP contribution in [0.2, 0.25) is 0 Å². The minimum Gasteiger partial charge on any atom is -0.348 e. The van der Waals surface area contributed by atoms with Crippen LogP contribution in [0, 0.1) is 20.8 Å². The Labute approximate surface area is 152 Å². The molecule has 2 aromatic rings. The first-order valence-corrected chi connectivity index (χ1v) is 9.72. The third-order valence-corrected chi connectivity index (χ3v) is 5.56. The second-order valence-electron chi connectivity index (χ2n) is 6.10. The first-order valence-electron chi connectivity index (χ1n) is 8.23. The van der Waals surface area contributed by atoms with Gasteiger partial charge in [-0.3, -0.25) is 9.59 Å². The zero-order valence-electron chi connectivity index (χ0n) is 15.3. The van der Waals surface area contributed by atoms with Crippen molar-refractivity contribution in [2.45, 2.75) is 39.1 Å². The van der Waals surface area contributed by atoms with Crippen molar-refractivity contribution in [3.63, 3.8) is 0 Å². The minimum absolute atomic E-state index is 0.0273. The summed E-state index contributed by atoms with van der Waals surface area (Å²) in [7, 11) is -3.65. The molecule has 0 saturated heterocycles. The van der Waals surface area contributed by atoms with E-state index in [0.29, 0.717) is 11.1 Å². The summed E-state index contributed by atoms with van der Waals surface area (Å²) in [6.07, 6.45) is 0. The first kappa shape index (κ1) is 19.9. The number of rotatable bonds is 6. The van der Waals surface area contributed by atoms with Crippen molar-refractivity contribution in [1.82, 2.24) is 15.0 Å². The van der Waals surface area contributed by atoms with Gasteiger partial charge in [-0.25, -0.2) is 13.1 Å². The average Bonchev–Trinajstić information content (AvgIpc) is 2.53. The molecular weight excluding hydrogens is 354 g/mol. The smallest absolute Gasteiger partial charge is 0.253 e. The molecule has 0 unspecified atom stereocenters. The molecule has 0 aliphatic rings. The summed E-state index contributed by atoms with van der Waals surface area (Å²) in [6.45, 7) is 7.31. The molecule has 0 aliphatic carbocycles. The fourth-order valence-electron chi connectivity index (χ4n) is 2.65. The SMILES string of the molecule is CCNS(=O)(=O)c1ccc(C)c(C(=O)NCc2c(C)cc(C)[nH]c2=O)c1. The number of H-pyrrole nitrogens is 1. The molecule has 0 fully saturated rings. The summed E-state index contributed by atoms with van der Waals surface area (Å²) >= 11 is 0. The lowest BCUT2D eigenvalue weighted by molar-refractivity contribution is 0.0950. The second-order valence-corrected chi connectivity index (χ2v) is 7.87. The largest absolute Gasteiger partial charge is 0.348 e. The van der Waals surface area contributed by atoms with E-state index in [2.05, 4.69) is 15.0 Å². The minimum atomic E-state index is -3.65. The van der Waals surface area contributed by atoms with E-state index in [1.807, 2.05) is 6.07 Å². The second kappa shape index (κ2) is 7.84. The van der Waals surface area contributed by atoms with Gasteiger partial charge in [-0.15, -0.1) is 0 Å². The summed E-state index contributed by atoms with van der Waals surface area (Å²) < 4.78 is 26.7. The van der Waals surface area contributed by atoms with Crippen LogP contribution in [0.25, 0.3) is 0 Å². The molecule has 1 aromatic heterocycles. The third kappa shape index (κ3) is 4.39. The number of pyridine rings is 1. The highest BCUT2D eigenvalue weighted by atomic mass is 32.2. The number of aryl methyl sites for hydroxylation is 3. The van der Waals surface area contributed by atoms with Gasteiger partial charge >= 0.3 is 0 Å². The summed E-state index contributed by atoms with van der Waals surface area (Å²) in [5.74, 6) is -0.435. The van der Waals surface area contributed by atoms with Gasteiger partial charge in [0.1, 0.15) is 0 Å². The highest BCUT2D eigenvalue weighted by Crippen LogP contribution is 2.16. The molecule has 0 atom stereocenters. The molecule has 7 nitrogen and oxygen atoms in total. The van der Waals surface area contributed by atoms with Crippen LogP contribution in [0.1, 0.15) is 39.7 Å². The zero-order chi connectivity index (χ0) is 19.5. The molecule has 0 bridgehead atoms. The topological polar surface area (TPSA) is 108 Å². The highest BCUT2D eigenvalue weighted by Gasteiger charge is 2.17. The Morgan fingerprint density at radius 1 is 1.12 bits per heavy atom. The number of amides is 1. The lowest BCUT2D eigenvalue weighted by atomic mass is 10.1. The van der Waals surface area contributed by atoms with E-state index in [-0.39, 0.29) is 29.1 Å². The maximum atomic E-state index is 12.5. The van der Waals surface area contributed by atoms with Crippen LogP contribution in [0.4, 0.5) is 0 Å². The molecule has 0 saturated carbocycles. The van der Waals surface area contributed by atoms with Gasteiger partial charge in [0.2, 0.25) is 10.0 Å². The van der Waals surface area contributed by atoms with Crippen LogP contribution in [0.3, 0.4) is 0 Å². The van der Waals surface area contributed by atoms with Crippen LogP contribution in [0.15, 0.2) is 34.0 Å². The van der Waals surface area contributed by atoms with E-state index in [4.69, 9.17) is 0 Å². The monoisotopic (exact) mass is 377 g/mol. The predicted molar refractivity (Wildman–Crippen MR) is 99.7 cm³/mol. The van der Waals surface area contributed by atoms with E-state index in [0.717, 1.165) is 11.3 Å². The fourth-order valence-corrected chi connectivity index (χ4v) is 3.72. The molecule has 8 heteroatoms. The maximum Gasteiger partial charge on any atom is 0.253 e. The Morgan fingerprint density at radius 3 is 2.42 bits per heavy atom. The molecule has 1 amide bonds. The van der Waals surface area contributed by atoms with Crippen molar-refractivity contribution in [3.05, 3.63) is 62.6 Å². The van der Waals surface area contributed by atoms with Gasteiger partial charge in [0.25, 0.3) is 11.5 Å². The molecule has 0 spiro atoms. The van der Waals surface area contributed by atoms with Crippen molar-refractivity contribution in [2.24, 2.45) is 0 Å². The lowest BCUT2D eigenvalue weighted by Gasteiger charge is -2.11. The van der Waals surface area contributed by atoms with E-state index in [1.54, 1.807) is 33.8 Å². The van der Waals surface area contributed by atoms with Gasteiger partial charge in [-0.05, 0) is 50.1 Å². The van der Waals surface area contributed by atoms with Crippen molar-refractivity contribution in [2.75, 3.05) is 6.54 Å². The van der Waals surface area contributed by atoms with Gasteiger partial charge in [0, 0.05) is 29.9 Å². The van der Waals surface area contributed by atoms with Gasteiger partial charge in [-0.1, -0.05) is 13.0 Å². The van der Waals surface area contributed by atoms with Gasteiger partial charge in [0.05, 0.1) is 4.90 Å². The molecule has 2 rings (SSSR count). The number of aromatic amines is 1. The predicted octanol–water partition coefficient (Wildman–Crippen LogP) is 1.53. The van der Waals surface area contributed by atoms with Crippen LogP contribution in [-0.4, -0.2) is 25.9 Å². The quantitative estimate of drug-likeness (QED) is 0.709. The molecule has 1 heterocycles. The van der Waals surface area contributed by atoms with Crippen LogP contribution < -0.4 is 15.6 Å². The van der Waals surface area contributed by atoms with Crippen LogP contribution in [0.5, 0.6) is 0 Å². The Kier molecular flexibility index (Phi) is 5.99. The Bertz CT molecular complexity index is 994. The summed E-state index contributed by atoms with van der Waals surface area (Å²) in [5, 5.41) is 2.69. The fraction of sp³-hybridized carbons (Fsp3) is 0.333. The summed E-state index contributed by atoms with van der Waals surface area (Å²) in [5.41, 5.74) is 2.66. The normalized spacial score (nSPS) is 11.4. The number of hydrogen-bond donors (Lipinski definition) is 3. The summed E-state index contributed by atoms with van der Waals surface area (Å²) in [6, 6.07) is 6.22. The van der Waals surface area contributed by atoms with Gasteiger partial charge in [-0.2, -0.15) is 0 Å². The highest BCUT2D eigenvalue weighted by molar-refractivity contribution is 7.89. The lowest BCUT2D eigenvalue weighted by Crippen LogP contribution is -2.29. The number of carbonyl (C=O) groups is 1. The number of aromatic nitrogens is 1. The van der Waals surface area contributed by atoms with Crippen molar-refractivity contribution in [1.29, 1.82) is 0 Å². The Hall–Kier alpha value is -2.45. The van der Waals surface area contributed by atoms with Gasteiger partial charge < -0.3 is 10.3 Å². The van der Waals surface area contributed by atoms with E-state index >= 15 is 0 Å².